The minimum absolute atomic E-state index is 0.0884. The molecule has 0 radical (unpaired) electrons. The Labute approximate surface area is 168 Å². The molecule has 7 nitrogen and oxygen atoms in total. The smallest absolute Gasteiger partial charge is 0.312 e. The summed E-state index contributed by atoms with van der Waals surface area (Å²) in [6.07, 6.45) is 7.02. The van der Waals surface area contributed by atoms with Gasteiger partial charge in [-0.2, -0.15) is 5.10 Å². The van der Waals surface area contributed by atoms with Crippen molar-refractivity contribution in [2.75, 3.05) is 6.61 Å². The van der Waals surface area contributed by atoms with Crippen LogP contribution < -0.4 is 10.9 Å². The maximum absolute atomic E-state index is 12.5. The average Bonchev–Trinajstić information content (AvgIpc) is 2.67. The Bertz CT molecular complexity index is 993. The number of hydrogen-bond acceptors (Lipinski definition) is 5. The van der Waals surface area contributed by atoms with Crippen LogP contribution >= 0.6 is 0 Å². The van der Waals surface area contributed by atoms with Gasteiger partial charge in [-0.25, -0.2) is 5.10 Å². The lowest BCUT2D eigenvalue weighted by Gasteiger charge is -2.56. The molecule has 4 saturated carbocycles. The lowest BCUT2D eigenvalue weighted by atomic mass is 9.53. The van der Waals surface area contributed by atoms with Crippen molar-refractivity contribution in [1.82, 2.24) is 15.5 Å². The van der Waals surface area contributed by atoms with Gasteiger partial charge in [0.1, 0.15) is 0 Å². The quantitative estimate of drug-likeness (QED) is 0.755. The standard InChI is InChI=1S/C22H25N3O4/c26-19(23-22-9-13-5-14(10-22)7-15(6-13)11-22)12-29-20(27)8-18-16-3-1-2-4-17(16)21(28)25-24-18/h1-4,13-15H,5-12H2,(H,23,26)(H,25,28). The highest BCUT2D eigenvalue weighted by atomic mass is 16.5. The number of aromatic nitrogens is 2. The average molecular weight is 395 g/mol. The number of aromatic amines is 1. The first kappa shape index (κ1) is 18.3. The fourth-order valence-corrected chi connectivity index (χ4v) is 6.24. The molecule has 4 aliphatic carbocycles. The van der Waals surface area contributed by atoms with E-state index in [0.29, 0.717) is 16.5 Å². The summed E-state index contributed by atoms with van der Waals surface area (Å²) in [7, 11) is 0. The molecule has 29 heavy (non-hydrogen) atoms. The van der Waals surface area contributed by atoms with E-state index in [4.69, 9.17) is 4.74 Å². The SMILES string of the molecule is O=C(COC(=O)Cc1n[nH]c(=O)c2ccccc12)NC12CC3CC(CC(C3)C1)C2. The van der Waals surface area contributed by atoms with Gasteiger partial charge in [0.05, 0.1) is 17.5 Å². The molecule has 0 unspecified atom stereocenters. The summed E-state index contributed by atoms with van der Waals surface area (Å²) in [5.41, 5.74) is 0.0499. The number of H-pyrrole nitrogens is 1. The zero-order chi connectivity index (χ0) is 20.0. The van der Waals surface area contributed by atoms with E-state index in [-0.39, 0.29) is 30.0 Å². The van der Waals surface area contributed by atoms with E-state index < -0.39 is 5.97 Å². The van der Waals surface area contributed by atoms with Crippen LogP contribution in [-0.4, -0.2) is 34.2 Å². The largest absolute Gasteiger partial charge is 0.455 e. The molecular weight excluding hydrogens is 370 g/mol. The topological polar surface area (TPSA) is 101 Å². The minimum atomic E-state index is -0.532. The maximum atomic E-state index is 12.5. The van der Waals surface area contributed by atoms with Crippen LogP contribution in [0.15, 0.2) is 29.1 Å². The Hall–Kier alpha value is -2.70. The van der Waals surface area contributed by atoms with Crippen LogP contribution in [0.1, 0.15) is 44.2 Å². The fourth-order valence-electron chi connectivity index (χ4n) is 6.24. The van der Waals surface area contributed by atoms with E-state index >= 15 is 0 Å². The lowest BCUT2D eigenvalue weighted by Crippen LogP contribution is -2.60. The van der Waals surface area contributed by atoms with Crippen molar-refractivity contribution in [3.8, 4) is 0 Å². The highest BCUT2D eigenvalue weighted by molar-refractivity contribution is 5.87. The van der Waals surface area contributed by atoms with Gasteiger partial charge in [0.2, 0.25) is 0 Å². The van der Waals surface area contributed by atoms with Crippen molar-refractivity contribution in [2.24, 2.45) is 17.8 Å². The predicted octanol–water partition coefficient (Wildman–Crippen LogP) is 2.09. The monoisotopic (exact) mass is 395 g/mol. The molecule has 1 amide bonds. The van der Waals surface area contributed by atoms with Crippen LogP contribution in [0, 0.1) is 17.8 Å². The second-order valence-electron chi connectivity index (χ2n) is 9.13. The van der Waals surface area contributed by atoms with Gasteiger partial charge in [-0.1, -0.05) is 18.2 Å². The third-order valence-corrected chi connectivity index (χ3v) is 6.89. The van der Waals surface area contributed by atoms with Crippen LogP contribution in [0.3, 0.4) is 0 Å². The molecule has 7 heteroatoms. The molecule has 2 N–H and O–H groups in total. The zero-order valence-electron chi connectivity index (χ0n) is 16.3. The number of fused-ring (bicyclic) bond motifs is 1. The van der Waals surface area contributed by atoms with Crippen LogP contribution in [0.4, 0.5) is 0 Å². The number of nitrogens with one attached hydrogen (secondary N) is 2. The summed E-state index contributed by atoms with van der Waals surface area (Å²) in [4.78, 5) is 36.6. The summed E-state index contributed by atoms with van der Waals surface area (Å²) in [5.74, 6) is 1.46. The highest BCUT2D eigenvalue weighted by Crippen LogP contribution is 2.55. The molecular formula is C22H25N3O4. The van der Waals surface area contributed by atoms with Crippen LogP contribution in [0.2, 0.25) is 0 Å². The third kappa shape index (κ3) is 3.54. The number of amides is 1. The Morgan fingerprint density at radius 3 is 2.34 bits per heavy atom. The van der Waals surface area contributed by atoms with Crippen molar-refractivity contribution < 1.29 is 14.3 Å². The summed E-state index contributed by atoms with van der Waals surface area (Å²) in [5, 5.41) is 10.7. The van der Waals surface area contributed by atoms with Crippen molar-refractivity contribution in [3.63, 3.8) is 0 Å². The molecule has 0 saturated heterocycles. The third-order valence-electron chi connectivity index (χ3n) is 6.89. The summed E-state index contributed by atoms with van der Waals surface area (Å²) in [6, 6.07) is 6.98. The summed E-state index contributed by atoms with van der Waals surface area (Å²) >= 11 is 0. The van der Waals surface area contributed by atoms with Crippen molar-refractivity contribution in [2.45, 2.75) is 50.5 Å². The van der Waals surface area contributed by atoms with Gasteiger partial charge in [0.15, 0.2) is 6.61 Å². The normalized spacial score (nSPS) is 29.7. The van der Waals surface area contributed by atoms with Crippen molar-refractivity contribution in [1.29, 1.82) is 0 Å². The van der Waals surface area contributed by atoms with E-state index in [1.807, 2.05) is 0 Å². The van der Waals surface area contributed by atoms with E-state index in [9.17, 15) is 14.4 Å². The first-order valence-electron chi connectivity index (χ1n) is 10.4. The first-order chi connectivity index (χ1) is 14.0. The number of esters is 1. The van der Waals surface area contributed by atoms with Crippen LogP contribution in [0.5, 0.6) is 0 Å². The number of benzene rings is 1. The molecule has 0 aliphatic heterocycles. The molecule has 4 bridgehead atoms. The summed E-state index contributed by atoms with van der Waals surface area (Å²) in [6.45, 7) is -0.276. The molecule has 0 atom stereocenters. The molecule has 1 aromatic heterocycles. The van der Waals surface area contributed by atoms with Gasteiger partial charge in [0.25, 0.3) is 11.5 Å². The van der Waals surface area contributed by atoms with Gasteiger partial charge in [0, 0.05) is 10.9 Å². The molecule has 4 aliphatic rings. The van der Waals surface area contributed by atoms with Crippen LogP contribution in [-0.2, 0) is 20.7 Å². The summed E-state index contributed by atoms with van der Waals surface area (Å²) < 4.78 is 5.22. The van der Waals surface area contributed by atoms with E-state index in [1.54, 1.807) is 24.3 Å². The second-order valence-corrected chi connectivity index (χ2v) is 9.13. The molecule has 4 fully saturated rings. The number of hydrogen-bond donors (Lipinski definition) is 2. The minimum Gasteiger partial charge on any atom is -0.455 e. The van der Waals surface area contributed by atoms with E-state index in [1.165, 1.54) is 19.3 Å². The van der Waals surface area contributed by atoms with E-state index in [2.05, 4.69) is 15.5 Å². The number of rotatable bonds is 5. The van der Waals surface area contributed by atoms with Crippen molar-refractivity contribution in [3.05, 3.63) is 40.3 Å². The molecule has 152 valence electrons. The Morgan fingerprint density at radius 1 is 1.07 bits per heavy atom. The van der Waals surface area contributed by atoms with Gasteiger partial charge < -0.3 is 10.1 Å². The Balaban J connectivity index is 1.19. The molecule has 1 aromatic carbocycles. The molecule has 0 spiro atoms. The molecule has 1 heterocycles. The first-order valence-corrected chi connectivity index (χ1v) is 10.4. The Kier molecular flexibility index (Phi) is 4.41. The lowest BCUT2D eigenvalue weighted by molar-refractivity contribution is -0.149. The maximum Gasteiger partial charge on any atom is 0.312 e. The Morgan fingerprint density at radius 2 is 1.69 bits per heavy atom. The fraction of sp³-hybridized carbons (Fsp3) is 0.545. The van der Waals surface area contributed by atoms with Gasteiger partial charge >= 0.3 is 5.97 Å². The highest BCUT2D eigenvalue weighted by Gasteiger charge is 2.51. The molecule has 6 rings (SSSR count). The van der Waals surface area contributed by atoms with E-state index in [0.717, 1.165) is 37.0 Å². The number of ether oxygens (including phenoxy) is 1. The molecule has 2 aromatic rings. The number of carbonyl (C=O) groups excluding carboxylic acids is 2. The van der Waals surface area contributed by atoms with Gasteiger partial charge in [-0.3, -0.25) is 14.4 Å². The van der Waals surface area contributed by atoms with Crippen LogP contribution in [0.25, 0.3) is 10.8 Å². The van der Waals surface area contributed by atoms with Crippen molar-refractivity contribution >= 4 is 22.6 Å². The number of nitrogens with zero attached hydrogens (tertiary/aromatic N) is 1. The predicted molar refractivity (Wildman–Crippen MR) is 106 cm³/mol. The number of carbonyl (C=O) groups is 2. The zero-order valence-corrected chi connectivity index (χ0v) is 16.3. The van der Waals surface area contributed by atoms with Gasteiger partial charge in [-0.05, 0) is 62.3 Å². The second kappa shape index (κ2) is 6.97. The van der Waals surface area contributed by atoms with Gasteiger partial charge in [-0.15, -0.1) is 0 Å².